The molecule has 1 fully saturated rings. The number of hydrogen-bond acceptors (Lipinski definition) is 4. The van der Waals surface area contributed by atoms with Gasteiger partial charge in [-0.25, -0.2) is 4.79 Å². The Kier molecular flexibility index (Phi) is 9.63. The molecule has 36 heavy (non-hydrogen) atoms. The smallest absolute Gasteiger partial charge is 0.410 e. The molecule has 2 aromatic carbocycles. The van der Waals surface area contributed by atoms with E-state index in [1.807, 2.05) is 24.3 Å². The van der Waals surface area contributed by atoms with E-state index in [2.05, 4.69) is 10.6 Å². The Morgan fingerprint density at radius 1 is 0.806 bits per heavy atom. The van der Waals surface area contributed by atoms with Crippen LogP contribution < -0.4 is 10.6 Å². The summed E-state index contributed by atoms with van der Waals surface area (Å²) in [5.41, 5.74) is 1.41. The summed E-state index contributed by atoms with van der Waals surface area (Å²) in [5, 5.41) is 7.16. The first kappa shape index (κ1) is 27.8. The molecule has 2 unspecified atom stereocenters. The van der Waals surface area contributed by atoms with E-state index in [0.29, 0.717) is 36.0 Å². The van der Waals surface area contributed by atoms with Gasteiger partial charge in [-0.1, -0.05) is 47.5 Å². The van der Waals surface area contributed by atoms with Gasteiger partial charge in [-0.3, -0.25) is 9.59 Å². The molecular formula is C27H33Cl2N3O4. The van der Waals surface area contributed by atoms with Crippen LogP contribution in [0.2, 0.25) is 10.0 Å². The molecule has 0 bridgehead atoms. The maximum Gasteiger partial charge on any atom is 0.410 e. The Bertz CT molecular complexity index is 981. The van der Waals surface area contributed by atoms with Crippen molar-refractivity contribution < 1.29 is 19.1 Å². The first-order chi connectivity index (χ1) is 17.0. The minimum Gasteiger partial charge on any atom is -0.444 e. The molecule has 2 atom stereocenters. The Morgan fingerprint density at radius 2 is 1.19 bits per heavy atom. The standard InChI is InChI=1S/C27H33Cl2N3O4/c1-27(2,3)36-26(35)32-16-22(24(33)30-14-12-18-4-8-20(28)9-5-18)23(17-32)25(34)31-15-13-19-6-10-21(29)11-7-19/h4-11,22-23H,12-17H2,1-3H3,(H,30,33)(H,31,34). The molecule has 2 N–H and O–H groups in total. The summed E-state index contributed by atoms with van der Waals surface area (Å²) < 4.78 is 5.48. The van der Waals surface area contributed by atoms with Crippen LogP contribution in [0.3, 0.4) is 0 Å². The van der Waals surface area contributed by atoms with Crippen LogP contribution in [-0.4, -0.2) is 54.6 Å². The largest absolute Gasteiger partial charge is 0.444 e. The van der Waals surface area contributed by atoms with Gasteiger partial charge in [0.05, 0.1) is 11.8 Å². The van der Waals surface area contributed by atoms with Crippen LogP contribution in [0.5, 0.6) is 0 Å². The lowest BCUT2D eigenvalue weighted by molar-refractivity contribution is -0.132. The zero-order chi connectivity index (χ0) is 26.3. The molecule has 0 aliphatic carbocycles. The van der Waals surface area contributed by atoms with Gasteiger partial charge in [0.1, 0.15) is 5.60 Å². The van der Waals surface area contributed by atoms with Crippen molar-refractivity contribution in [3.8, 4) is 0 Å². The van der Waals surface area contributed by atoms with Crippen molar-refractivity contribution >= 4 is 41.1 Å². The monoisotopic (exact) mass is 533 g/mol. The van der Waals surface area contributed by atoms with Crippen molar-refractivity contribution in [2.24, 2.45) is 11.8 Å². The number of ether oxygens (including phenoxy) is 1. The van der Waals surface area contributed by atoms with Crippen molar-refractivity contribution in [2.75, 3.05) is 26.2 Å². The summed E-state index contributed by atoms with van der Waals surface area (Å²) in [4.78, 5) is 40.3. The summed E-state index contributed by atoms with van der Waals surface area (Å²) in [6.45, 7) is 6.41. The maximum absolute atomic E-state index is 13.1. The summed E-state index contributed by atoms with van der Waals surface area (Å²) in [6, 6.07) is 14.8. The van der Waals surface area contributed by atoms with Crippen LogP contribution >= 0.6 is 23.2 Å². The average molecular weight is 534 g/mol. The predicted molar refractivity (Wildman–Crippen MR) is 141 cm³/mol. The summed E-state index contributed by atoms with van der Waals surface area (Å²) in [6.07, 6.45) is 0.727. The lowest BCUT2D eigenvalue weighted by atomic mass is 9.94. The first-order valence-electron chi connectivity index (χ1n) is 12.0. The van der Waals surface area contributed by atoms with Crippen LogP contribution in [0.25, 0.3) is 0 Å². The van der Waals surface area contributed by atoms with Crippen LogP contribution in [0, 0.1) is 11.8 Å². The number of carbonyl (C=O) groups excluding carboxylic acids is 3. The molecule has 0 spiro atoms. The van der Waals surface area contributed by atoms with Gasteiger partial charge in [0.2, 0.25) is 11.8 Å². The van der Waals surface area contributed by atoms with Gasteiger partial charge < -0.3 is 20.3 Å². The Hall–Kier alpha value is -2.77. The highest BCUT2D eigenvalue weighted by Crippen LogP contribution is 2.26. The molecule has 1 aliphatic rings. The van der Waals surface area contributed by atoms with Crippen LogP contribution in [-0.2, 0) is 27.2 Å². The lowest BCUT2D eigenvalue weighted by Crippen LogP contribution is -2.42. The Balaban J connectivity index is 1.60. The molecule has 2 aromatic rings. The maximum atomic E-state index is 13.1. The molecule has 0 saturated carbocycles. The Labute approximate surface area is 222 Å². The molecule has 1 saturated heterocycles. The van der Waals surface area contributed by atoms with E-state index in [1.165, 1.54) is 4.90 Å². The number of nitrogens with zero attached hydrogens (tertiary/aromatic N) is 1. The van der Waals surface area contributed by atoms with Crippen molar-refractivity contribution in [1.82, 2.24) is 15.5 Å². The highest BCUT2D eigenvalue weighted by molar-refractivity contribution is 6.30. The number of carbonyl (C=O) groups is 3. The van der Waals surface area contributed by atoms with Gasteiger partial charge in [0.15, 0.2) is 0 Å². The normalized spacial score (nSPS) is 17.5. The Morgan fingerprint density at radius 3 is 1.56 bits per heavy atom. The zero-order valence-electron chi connectivity index (χ0n) is 20.9. The summed E-state index contributed by atoms with van der Waals surface area (Å²) >= 11 is 11.9. The van der Waals surface area contributed by atoms with Gasteiger partial charge in [0.25, 0.3) is 0 Å². The molecule has 3 amide bonds. The SMILES string of the molecule is CC(C)(C)OC(=O)N1CC(C(=O)NCCc2ccc(Cl)cc2)C(C(=O)NCCc2ccc(Cl)cc2)C1. The minimum atomic E-state index is -0.674. The molecule has 0 radical (unpaired) electrons. The number of rotatable bonds is 8. The lowest BCUT2D eigenvalue weighted by Gasteiger charge is -2.24. The second-order valence-electron chi connectivity index (χ2n) is 9.93. The molecule has 1 heterocycles. The van der Waals surface area contributed by atoms with Gasteiger partial charge in [0, 0.05) is 36.2 Å². The number of amides is 3. The van der Waals surface area contributed by atoms with Gasteiger partial charge in [-0.2, -0.15) is 0 Å². The number of likely N-dealkylation sites (tertiary alicyclic amines) is 1. The molecular weight excluding hydrogens is 501 g/mol. The zero-order valence-corrected chi connectivity index (χ0v) is 22.4. The average Bonchev–Trinajstić information content (AvgIpc) is 3.27. The van der Waals surface area contributed by atoms with E-state index >= 15 is 0 Å². The fourth-order valence-electron chi connectivity index (χ4n) is 4.04. The van der Waals surface area contributed by atoms with Gasteiger partial charge in [-0.05, 0) is 69.0 Å². The second-order valence-corrected chi connectivity index (χ2v) is 10.8. The molecule has 9 heteroatoms. The second kappa shape index (κ2) is 12.5. The van der Waals surface area contributed by atoms with Crippen LogP contribution in [0.1, 0.15) is 31.9 Å². The third-order valence-corrected chi connectivity index (χ3v) is 6.40. The van der Waals surface area contributed by atoms with E-state index < -0.39 is 23.5 Å². The third-order valence-electron chi connectivity index (χ3n) is 5.90. The molecule has 1 aliphatic heterocycles. The van der Waals surface area contributed by atoms with Crippen molar-refractivity contribution in [3.05, 3.63) is 69.7 Å². The first-order valence-corrected chi connectivity index (χ1v) is 12.8. The number of benzene rings is 2. The molecule has 3 rings (SSSR count). The van der Waals surface area contributed by atoms with E-state index in [9.17, 15) is 14.4 Å². The molecule has 194 valence electrons. The highest BCUT2D eigenvalue weighted by atomic mass is 35.5. The number of nitrogens with one attached hydrogen (secondary N) is 2. The number of halogens is 2. The van der Waals surface area contributed by atoms with Crippen molar-refractivity contribution in [3.63, 3.8) is 0 Å². The molecule has 0 aromatic heterocycles. The van der Waals surface area contributed by atoms with Crippen molar-refractivity contribution in [2.45, 2.75) is 39.2 Å². The van der Waals surface area contributed by atoms with E-state index in [0.717, 1.165) is 11.1 Å². The summed E-state index contributed by atoms with van der Waals surface area (Å²) in [7, 11) is 0. The topological polar surface area (TPSA) is 87.7 Å². The van der Waals surface area contributed by atoms with Gasteiger partial charge in [-0.15, -0.1) is 0 Å². The van der Waals surface area contributed by atoms with E-state index in [4.69, 9.17) is 27.9 Å². The highest BCUT2D eigenvalue weighted by Gasteiger charge is 2.44. The molecule has 7 nitrogen and oxygen atoms in total. The van der Waals surface area contributed by atoms with Gasteiger partial charge >= 0.3 is 6.09 Å². The quantitative estimate of drug-likeness (QED) is 0.523. The summed E-state index contributed by atoms with van der Waals surface area (Å²) in [5.74, 6) is -1.85. The van der Waals surface area contributed by atoms with Crippen molar-refractivity contribution in [1.29, 1.82) is 0 Å². The number of hydrogen-bond donors (Lipinski definition) is 2. The van der Waals surface area contributed by atoms with Crippen LogP contribution in [0.15, 0.2) is 48.5 Å². The third kappa shape index (κ3) is 8.42. The van der Waals surface area contributed by atoms with Crippen LogP contribution in [0.4, 0.5) is 4.79 Å². The fourth-order valence-corrected chi connectivity index (χ4v) is 4.29. The van der Waals surface area contributed by atoms with E-state index in [1.54, 1.807) is 45.0 Å². The fraction of sp³-hybridized carbons (Fsp3) is 0.444. The van der Waals surface area contributed by atoms with E-state index in [-0.39, 0.29) is 24.9 Å². The predicted octanol–water partition coefficient (Wildman–Crippen LogP) is 4.49. The minimum absolute atomic E-state index is 0.122.